The molecule has 0 saturated carbocycles. The Morgan fingerprint density at radius 3 is 2.82 bits per heavy atom. The molecule has 1 aromatic carbocycles. The average Bonchev–Trinajstić information content (AvgIpc) is 3.11. The second-order valence-corrected chi connectivity index (χ2v) is 5.10. The van der Waals surface area contributed by atoms with Crippen LogP contribution in [0.5, 0.6) is 0 Å². The predicted octanol–water partition coefficient (Wildman–Crippen LogP) is 3.89. The molecule has 0 amide bonds. The molecule has 0 spiro atoms. The Balaban J connectivity index is 0.00000176. The van der Waals surface area contributed by atoms with E-state index in [1.807, 2.05) is 17.0 Å². The number of aromatic nitrogens is 4. The van der Waals surface area contributed by atoms with Gasteiger partial charge in [-0.15, -0.1) is 12.4 Å². The molecule has 7 heteroatoms. The summed E-state index contributed by atoms with van der Waals surface area (Å²) in [5.41, 5.74) is 1.68. The van der Waals surface area contributed by atoms with Crippen LogP contribution in [-0.4, -0.2) is 19.1 Å². The third-order valence-corrected chi connectivity index (χ3v) is 3.58. The first-order chi connectivity index (χ1) is 10.2. The molecule has 2 aromatic heterocycles. The summed E-state index contributed by atoms with van der Waals surface area (Å²) in [6.07, 6.45) is 8.20. The van der Waals surface area contributed by atoms with Crippen molar-refractivity contribution in [2.45, 2.75) is 19.9 Å². The number of imidazole rings is 2. The van der Waals surface area contributed by atoms with Crippen molar-refractivity contribution in [1.82, 2.24) is 19.1 Å². The van der Waals surface area contributed by atoms with E-state index in [9.17, 15) is 4.39 Å². The summed E-state index contributed by atoms with van der Waals surface area (Å²) in [6.45, 7) is 2.73. The van der Waals surface area contributed by atoms with E-state index in [-0.39, 0.29) is 17.4 Å². The summed E-state index contributed by atoms with van der Waals surface area (Å²) in [6, 6.07) is 4.60. The van der Waals surface area contributed by atoms with Gasteiger partial charge < -0.3 is 9.13 Å². The Kier molecular flexibility index (Phi) is 5.21. The first kappa shape index (κ1) is 16.5. The van der Waals surface area contributed by atoms with Crippen LogP contribution in [0.1, 0.15) is 18.4 Å². The van der Waals surface area contributed by atoms with Crippen molar-refractivity contribution in [1.29, 1.82) is 0 Å². The largest absolute Gasteiger partial charge is 0.329 e. The first-order valence-electron chi connectivity index (χ1n) is 6.65. The van der Waals surface area contributed by atoms with Gasteiger partial charge in [-0.2, -0.15) is 0 Å². The molecular formula is C15H15Cl2FN4. The minimum absolute atomic E-state index is 0. The number of hydrogen-bond acceptors (Lipinski definition) is 2. The van der Waals surface area contributed by atoms with Gasteiger partial charge in [0.2, 0.25) is 0 Å². The number of aryl methyl sites for hydroxylation is 1. The number of nitrogens with zero attached hydrogens (tertiary/aromatic N) is 4. The van der Waals surface area contributed by atoms with Crippen LogP contribution < -0.4 is 0 Å². The lowest BCUT2D eigenvalue weighted by molar-refractivity contribution is 0.628. The van der Waals surface area contributed by atoms with Gasteiger partial charge in [0.05, 0.1) is 23.6 Å². The van der Waals surface area contributed by atoms with Gasteiger partial charge in [-0.1, -0.05) is 18.5 Å². The lowest BCUT2D eigenvalue weighted by Crippen LogP contribution is -2.03. The van der Waals surface area contributed by atoms with Crippen molar-refractivity contribution in [2.24, 2.45) is 0 Å². The Morgan fingerprint density at radius 2 is 2.09 bits per heavy atom. The Morgan fingerprint density at radius 1 is 1.27 bits per heavy atom. The molecule has 22 heavy (non-hydrogen) atoms. The number of halogens is 3. The van der Waals surface area contributed by atoms with E-state index >= 15 is 0 Å². The van der Waals surface area contributed by atoms with Gasteiger partial charge in [-0.25, -0.2) is 14.4 Å². The van der Waals surface area contributed by atoms with Crippen LogP contribution >= 0.6 is 24.0 Å². The van der Waals surface area contributed by atoms with Gasteiger partial charge in [0.25, 0.3) is 0 Å². The smallest absolute Gasteiger partial charge is 0.141 e. The van der Waals surface area contributed by atoms with Gasteiger partial charge in [0.1, 0.15) is 11.6 Å². The van der Waals surface area contributed by atoms with Crippen molar-refractivity contribution < 1.29 is 4.39 Å². The average molecular weight is 341 g/mol. The van der Waals surface area contributed by atoms with Gasteiger partial charge in [-0.05, 0) is 18.2 Å². The fourth-order valence-electron chi connectivity index (χ4n) is 2.20. The summed E-state index contributed by atoms with van der Waals surface area (Å²) >= 11 is 5.80. The zero-order valence-electron chi connectivity index (χ0n) is 11.9. The maximum atomic E-state index is 13.2. The minimum atomic E-state index is -0.424. The quantitative estimate of drug-likeness (QED) is 0.722. The molecule has 0 bridgehead atoms. The Labute approximate surface area is 139 Å². The second-order valence-electron chi connectivity index (χ2n) is 4.70. The highest BCUT2D eigenvalue weighted by Gasteiger charge is 2.06. The highest BCUT2D eigenvalue weighted by Crippen LogP contribution is 2.19. The molecule has 0 aliphatic carbocycles. The number of rotatable bonds is 4. The normalized spacial score (nSPS) is 10.5. The van der Waals surface area contributed by atoms with Gasteiger partial charge in [0, 0.05) is 30.7 Å². The first-order valence-corrected chi connectivity index (χ1v) is 7.03. The molecule has 116 valence electrons. The van der Waals surface area contributed by atoms with Gasteiger partial charge in [0.15, 0.2) is 0 Å². The van der Waals surface area contributed by atoms with Crippen molar-refractivity contribution in [3.8, 4) is 5.69 Å². The molecular weight excluding hydrogens is 326 g/mol. The summed E-state index contributed by atoms with van der Waals surface area (Å²) in [7, 11) is 0. The summed E-state index contributed by atoms with van der Waals surface area (Å²) in [4.78, 5) is 8.66. The SMILES string of the molecule is CCc1nccn1Cc1cn(-c2ccc(F)c(Cl)c2)cn1.Cl. The van der Waals surface area contributed by atoms with Crippen molar-refractivity contribution in [3.05, 3.63) is 65.5 Å². The maximum Gasteiger partial charge on any atom is 0.141 e. The van der Waals surface area contributed by atoms with Crippen LogP contribution in [0, 0.1) is 5.82 Å². The fourth-order valence-corrected chi connectivity index (χ4v) is 2.38. The van der Waals surface area contributed by atoms with E-state index < -0.39 is 5.82 Å². The second kappa shape index (κ2) is 6.94. The van der Waals surface area contributed by atoms with E-state index in [0.717, 1.165) is 23.6 Å². The van der Waals surface area contributed by atoms with Crippen LogP contribution in [0.3, 0.4) is 0 Å². The third-order valence-electron chi connectivity index (χ3n) is 3.29. The molecule has 0 radical (unpaired) electrons. The summed E-state index contributed by atoms with van der Waals surface area (Å²) in [5.74, 6) is 0.598. The molecule has 0 fully saturated rings. The zero-order valence-corrected chi connectivity index (χ0v) is 13.5. The summed E-state index contributed by atoms with van der Waals surface area (Å²) < 4.78 is 17.1. The van der Waals surface area contributed by atoms with E-state index in [2.05, 4.69) is 21.5 Å². The molecule has 2 heterocycles. The highest BCUT2D eigenvalue weighted by molar-refractivity contribution is 6.30. The molecule has 0 aliphatic rings. The standard InChI is InChI=1S/C15H14ClFN4.ClH/c1-2-15-18-5-6-20(15)8-11-9-21(10-19-11)12-3-4-14(17)13(16)7-12;/h3-7,9-10H,2,8H2,1H3;1H. The molecule has 0 atom stereocenters. The highest BCUT2D eigenvalue weighted by atomic mass is 35.5. The van der Waals surface area contributed by atoms with Crippen LogP contribution in [0.4, 0.5) is 4.39 Å². The van der Waals surface area contributed by atoms with Crippen LogP contribution in [0.2, 0.25) is 5.02 Å². The number of hydrogen-bond donors (Lipinski definition) is 0. The van der Waals surface area contributed by atoms with E-state index in [0.29, 0.717) is 6.54 Å². The van der Waals surface area contributed by atoms with Crippen LogP contribution in [0.15, 0.2) is 43.1 Å². The molecule has 0 saturated heterocycles. The zero-order chi connectivity index (χ0) is 14.8. The molecule has 0 unspecified atom stereocenters. The van der Waals surface area contributed by atoms with E-state index in [1.54, 1.807) is 24.7 Å². The third kappa shape index (κ3) is 3.31. The summed E-state index contributed by atoms with van der Waals surface area (Å²) in [5, 5.41) is 0.102. The lowest BCUT2D eigenvalue weighted by Gasteiger charge is -2.04. The molecule has 0 aliphatic heterocycles. The predicted molar refractivity (Wildman–Crippen MR) is 86.5 cm³/mol. The lowest BCUT2D eigenvalue weighted by atomic mass is 10.3. The van der Waals surface area contributed by atoms with Crippen LogP contribution in [0.25, 0.3) is 5.69 Å². The van der Waals surface area contributed by atoms with Crippen LogP contribution in [-0.2, 0) is 13.0 Å². The van der Waals surface area contributed by atoms with E-state index in [1.165, 1.54) is 6.07 Å². The van der Waals surface area contributed by atoms with Gasteiger partial charge >= 0.3 is 0 Å². The molecule has 3 rings (SSSR count). The molecule has 4 nitrogen and oxygen atoms in total. The fraction of sp³-hybridized carbons (Fsp3) is 0.200. The topological polar surface area (TPSA) is 35.6 Å². The van der Waals surface area contributed by atoms with E-state index in [4.69, 9.17) is 11.6 Å². The Bertz CT molecular complexity index is 767. The molecule has 3 aromatic rings. The monoisotopic (exact) mass is 340 g/mol. The number of benzene rings is 1. The Hall–Kier alpha value is -1.85. The van der Waals surface area contributed by atoms with Crippen molar-refractivity contribution >= 4 is 24.0 Å². The maximum absolute atomic E-state index is 13.2. The minimum Gasteiger partial charge on any atom is -0.329 e. The molecule has 0 N–H and O–H groups in total. The van der Waals surface area contributed by atoms with Gasteiger partial charge in [-0.3, -0.25) is 0 Å². The van der Waals surface area contributed by atoms with Crippen molar-refractivity contribution in [3.63, 3.8) is 0 Å². The van der Waals surface area contributed by atoms with Crippen molar-refractivity contribution in [2.75, 3.05) is 0 Å².